The van der Waals surface area contributed by atoms with E-state index in [1.165, 1.54) is 17.0 Å². The Kier molecular flexibility index (Phi) is 11.4. The van der Waals surface area contributed by atoms with E-state index in [2.05, 4.69) is 5.32 Å². The summed E-state index contributed by atoms with van der Waals surface area (Å²) < 4.78 is 40.3. The Morgan fingerprint density at radius 1 is 0.952 bits per heavy atom. The van der Waals surface area contributed by atoms with Crippen LogP contribution in [0.5, 0.6) is 11.5 Å². The largest absolute Gasteiger partial charge is 0.497 e. The van der Waals surface area contributed by atoms with E-state index in [1.807, 2.05) is 26.8 Å². The highest BCUT2D eigenvalue weighted by atomic mass is 32.2. The molecule has 3 rings (SSSR count). The Bertz CT molecular complexity index is 1460. The molecule has 0 aliphatic heterocycles. The number of rotatable bonds is 14. The molecule has 9 nitrogen and oxygen atoms in total. The first-order valence-electron chi connectivity index (χ1n) is 14.0. The molecule has 3 aromatic carbocycles. The second-order valence-electron chi connectivity index (χ2n) is 10.4. The van der Waals surface area contributed by atoms with E-state index in [0.717, 1.165) is 15.4 Å². The smallest absolute Gasteiger partial charge is 0.264 e. The Labute approximate surface area is 249 Å². The molecule has 0 aliphatic rings. The molecule has 0 bridgehead atoms. The van der Waals surface area contributed by atoms with Gasteiger partial charge in [-0.1, -0.05) is 55.8 Å². The summed E-state index contributed by atoms with van der Waals surface area (Å²) in [6, 6.07) is 19.5. The number of carbonyl (C=O) groups is 2. The molecule has 42 heavy (non-hydrogen) atoms. The Hall–Kier alpha value is -4.05. The summed E-state index contributed by atoms with van der Waals surface area (Å²) in [6.07, 6.45) is 0. The number of ether oxygens (including phenoxy) is 2. The fourth-order valence-corrected chi connectivity index (χ4v) is 5.72. The van der Waals surface area contributed by atoms with E-state index in [1.54, 1.807) is 75.6 Å². The van der Waals surface area contributed by atoms with Crippen molar-refractivity contribution >= 4 is 27.5 Å². The van der Waals surface area contributed by atoms with Gasteiger partial charge in [0.05, 0.1) is 24.3 Å². The minimum absolute atomic E-state index is 0.0364. The van der Waals surface area contributed by atoms with Crippen LogP contribution in [0.15, 0.2) is 77.7 Å². The summed E-state index contributed by atoms with van der Waals surface area (Å²) >= 11 is 0. The number of benzene rings is 3. The van der Waals surface area contributed by atoms with Crippen molar-refractivity contribution in [2.75, 3.05) is 31.1 Å². The summed E-state index contributed by atoms with van der Waals surface area (Å²) in [5.41, 5.74) is 1.86. The summed E-state index contributed by atoms with van der Waals surface area (Å²) in [5.74, 6) is 0.264. The van der Waals surface area contributed by atoms with Crippen LogP contribution >= 0.6 is 0 Å². The number of nitrogens with one attached hydrogen (secondary N) is 1. The van der Waals surface area contributed by atoms with E-state index < -0.39 is 28.5 Å². The number of para-hydroxylation sites is 2. The van der Waals surface area contributed by atoms with Crippen molar-refractivity contribution in [3.63, 3.8) is 0 Å². The quantitative estimate of drug-likeness (QED) is 0.288. The molecule has 10 heteroatoms. The number of hydrogen-bond acceptors (Lipinski definition) is 6. The van der Waals surface area contributed by atoms with E-state index in [4.69, 9.17) is 9.47 Å². The van der Waals surface area contributed by atoms with Gasteiger partial charge in [0.15, 0.2) is 0 Å². The molecule has 226 valence electrons. The van der Waals surface area contributed by atoms with E-state index >= 15 is 0 Å². The van der Waals surface area contributed by atoms with E-state index in [0.29, 0.717) is 24.7 Å². The first-order chi connectivity index (χ1) is 20.0. The van der Waals surface area contributed by atoms with E-state index in [-0.39, 0.29) is 29.0 Å². The van der Waals surface area contributed by atoms with Gasteiger partial charge in [-0.25, -0.2) is 8.42 Å². The van der Waals surface area contributed by atoms with Crippen LogP contribution in [0.1, 0.15) is 38.8 Å². The molecule has 1 atom stereocenters. The second-order valence-corrected chi connectivity index (χ2v) is 12.3. The van der Waals surface area contributed by atoms with Gasteiger partial charge >= 0.3 is 0 Å². The maximum Gasteiger partial charge on any atom is 0.264 e. The van der Waals surface area contributed by atoms with Gasteiger partial charge in [0, 0.05) is 13.1 Å². The first kappa shape index (κ1) is 32.5. The van der Waals surface area contributed by atoms with Gasteiger partial charge in [-0.15, -0.1) is 0 Å². The van der Waals surface area contributed by atoms with Crippen LogP contribution in [0.3, 0.4) is 0 Å². The third kappa shape index (κ3) is 8.25. The molecule has 0 fully saturated rings. The van der Waals surface area contributed by atoms with Gasteiger partial charge < -0.3 is 19.7 Å². The van der Waals surface area contributed by atoms with Crippen LogP contribution in [0.4, 0.5) is 5.69 Å². The van der Waals surface area contributed by atoms with Crippen molar-refractivity contribution in [3.05, 3.63) is 83.9 Å². The Morgan fingerprint density at radius 3 is 2.29 bits per heavy atom. The van der Waals surface area contributed by atoms with Gasteiger partial charge in [0.2, 0.25) is 11.8 Å². The van der Waals surface area contributed by atoms with Crippen LogP contribution in [0.2, 0.25) is 0 Å². The number of anilines is 1. The minimum Gasteiger partial charge on any atom is -0.497 e. The zero-order chi connectivity index (χ0) is 30.9. The Balaban J connectivity index is 2.07. The topological polar surface area (TPSA) is 105 Å². The number of methoxy groups -OCH3 is 1. The molecule has 0 saturated heterocycles. The van der Waals surface area contributed by atoms with Crippen LogP contribution in [-0.4, -0.2) is 58.0 Å². The van der Waals surface area contributed by atoms with Crippen LogP contribution in [0.25, 0.3) is 0 Å². The zero-order valence-corrected chi connectivity index (χ0v) is 26.0. The molecule has 0 aliphatic carbocycles. The number of carbonyl (C=O) groups excluding carboxylic acids is 2. The maximum absolute atomic E-state index is 14.1. The standard InChI is InChI=1S/C32H41N3O6S/c1-7-41-30-14-9-8-13-29(30)35(42(38,39)28-17-15-24(4)16-18-28)22-31(36)34(25(5)32(37)33-20-23(2)3)21-26-11-10-12-27(19-26)40-6/h8-19,23,25H,7,20-22H2,1-6H3,(H,33,37). The Morgan fingerprint density at radius 2 is 1.64 bits per heavy atom. The summed E-state index contributed by atoms with van der Waals surface area (Å²) in [6.45, 7) is 9.53. The maximum atomic E-state index is 14.1. The molecule has 3 aromatic rings. The monoisotopic (exact) mass is 595 g/mol. The van der Waals surface area contributed by atoms with Crippen LogP contribution in [-0.2, 0) is 26.2 Å². The predicted molar refractivity (Wildman–Crippen MR) is 164 cm³/mol. The molecular weight excluding hydrogens is 554 g/mol. The molecule has 1 unspecified atom stereocenters. The highest BCUT2D eigenvalue weighted by molar-refractivity contribution is 7.92. The number of sulfonamides is 1. The number of amides is 2. The molecule has 0 spiro atoms. The van der Waals surface area contributed by atoms with Crippen LogP contribution < -0.4 is 19.1 Å². The van der Waals surface area contributed by atoms with Gasteiger partial charge in [0.1, 0.15) is 24.1 Å². The predicted octanol–water partition coefficient (Wildman–Crippen LogP) is 4.79. The van der Waals surface area contributed by atoms with E-state index in [9.17, 15) is 18.0 Å². The molecular formula is C32H41N3O6S. The second kappa shape index (κ2) is 14.7. The lowest BCUT2D eigenvalue weighted by Crippen LogP contribution is -2.51. The highest BCUT2D eigenvalue weighted by Gasteiger charge is 2.33. The third-order valence-corrected chi connectivity index (χ3v) is 8.43. The first-order valence-corrected chi connectivity index (χ1v) is 15.4. The average molecular weight is 596 g/mol. The lowest BCUT2D eigenvalue weighted by molar-refractivity contribution is -0.139. The molecule has 0 saturated carbocycles. The highest BCUT2D eigenvalue weighted by Crippen LogP contribution is 2.33. The normalized spacial score (nSPS) is 12.0. The summed E-state index contributed by atoms with van der Waals surface area (Å²) in [5, 5.41) is 2.89. The van der Waals surface area contributed by atoms with Gasteiger partial charge in [0.25, 0.3) is 10.0 Å². The molecule has 0 aromatic heterocycles. The molecule has 0 radical (unpaired) electrons. The zero-order valence-electron chi connectivity index (χ0n) is 25.2. The summed E-state index contributed by atoms with van der Waals surface area (Å²) in [4.78, 5) is 28.7. The molecule has 0 heterocycles. The van der Waals surface area contributed by atoms with Crippen molar-refractivity contribution in [3.8, 4) is 11.5 Å². The lowest BCUT2D eigenvalue weighted by Gasteiger charge is -2.32. The third-order valence-electron chi connectivity index (χ3n) is 6.66. The van der Waals surface area contributed by atoms with Crippen molar-refractivity contribution < 1.29 is 27.5 Å². The van der Waals surface area contributed by atoms with Gasteiger partial charge in [-0.3, -0.25) is 13.9 Å². The SMILES string of the molecule is CCOc1ccccc1N(CC(=O)N(Cc1cccc(OC)c1)C(C)C(=O)NCC(C)C)S(=O)(=O)c1ccc(C)cc1. The fraction of sp³-hybridized carbons (Fsp3) is 0.375. The van der Waals surface area contributed by atoms with Crippen molar-refractivity contribution in [2.45, 2.75) is 52.1 Å². The van der Waals surface area contributed by atoms with Crippen molar-refractivity contribution in [2.24, 2.45) is 5.92 Å². The van der Waals surface area contributed by atoms with Crippen molar-refractivity contribution in [1.82, 2.24) is 10.2 Å². The number of nitrogens with zero attached hydrogens (tertiary/aromatic N) is 2. The lowest BCUT2D eigenvalue weighted by atomic mass is 10.1. The minimum atomic E-state index is -4.21. The molecule has 2 amide bonds. The van der Waals surface area contributed by atoms with Gasteiger partial charge in [-0.2, -0.15) is 0 Å². The summed E-state index contributed by atoms with van der Waals surface area (Å²) in [7, 11) is -2.66. The fourth-order valence-electron chi connectivity index (χ4n) is 4.29. The molecule has 1 N–H and O–H groups in total. The van der Waals surface area contributed by atoms with Gasteiger partial charge in [-0.05, 0) is 68.7 Å². The van der Waals surface area contributed by atoms with Crippen LogP contribution in [0, 0.1) is 12.8 Å². The number of hydrogen-bond donors (Lipinski definition) is 1. The van der Waals surface area contributed by atoms with Crippen molar-refractivity contribution in [1.29, 1.82) is 0 Å². The average Bonchev–Trinajstić information content (AvgIpc) is 2.97. The number of aryl methyl sites for hydroxylation is 1.